The molecule has 1 amide bonds. The molecule has 21 heavy (non-hydrogen) atoms. The molecule has 0 aliphatic heterocycles. The summed E-state index contributed by atoms with van der Waals surface area (Å²) in [5, 5.41) is 11.4. The first-order valence-electron chi connectivity index (χ1n) is 5.95. The van der Waals surface area contributed by atoms with E-state index in [4.69, 9.17) is 16.7 Å². The maximum absolute atomic E-state index is 12.0. The third-order valence-electron chi connectivity index (χ3n) is 2.35. The molecule has 9 heteroatoms. The van der Waals surface area contributed by atoms with Gasteiger partial charge in [0.1, 0.15) is 0 Å². The first-order chi connectivity index (χ1) is 9.63. The zero-order valence-electron chi connectivity index (χ0n) is 11.4. The van der Waals surface area contributed by atoms with Gasteiger partial charge in [0.2, 0.25) is 15.9 Å². The van der Waals surface area contributed by atoms with Crippen LogP contribution in [0.1, 0.15) is 24.2 Å². The largest absolute Gasteiger partial charge is 0.478 e. The average molecular weight is 335 g/mol. The van der Waals surface area contributed by atoms with E-state index in [0.29, 0.717) is 0 Å². The summed E-state index contributed by atoms with van der Waals surface area (Å²) in [7, 11) is -4.00. The molecule has 0 spiro atoms. The minimum Gasteiger partial charge on any atom is -0.478 e. The van der Waals surface area contributed by atoms with Crippen LogP contribution in [0.25, 0.3) is 0 Å². The smallest absolute Gasteiger partial charge is 0.337 e. The van der Waals surface area contributed by atoms with Crippen molar-refractivity contribution in [3.05, 3.63) is 28.8 Å². The number of carbonyl (C=O) groups excluding carboxylic acids is 1. The molecule has 0 heterocycles. The fourth-order valence-electron chi connectivity index (χ4n) is 1.45. The predicted octanol–water partition coefficient (Wildman–Crippen LogP) is 0.841. The van der Waals surface area contributed by atoms with E-state index in [-0.39, 0.29) is 21.5 Å². The van der Waals surface area contributed by atoms with Gasteiger partial charge in [-0.1, -0.05) is 11.6 Å². The number of amides is 1. The van der Waals surface area contributed by atoms with Gasteiger partial charge in [0.25, 0.3) is 0 Å². The van der Waals surface area contributed by atoms with Crippen molar-refractivity contribution in [2.45, 2.75) is 24.8 Å². The van der Waals surface area contributed by atoms with E-state index in [1.165, 1.54) is 6.07 Å². The van der Waals surface area contributed by atoms with Crippen molar-refractivity contribution >= 4 is 33.5 Å². The highest BCUT2D eigenvalue weighted by molar-refractivity contribution is 7.89. The molecule has 0 aromatic heterocycles. The number of rotatable bonds is 6. The molecule has 0 saturated heterocycles. The molecule has 0 bridgehead atoms. The van der Waals surface area contributed by atoms with E-state index in [1.54, 1.807) is 13.8 Å². The zero-order chi connectivity index (χ0) is 16.2. The van der Waals surface area contributed by atoms with Crippen LogP contribution in [0.5, 0.6) is 0 Å². The number of hydrogen-bond donors (Lipinski definition) is 3. The van der Waals surface area contributed by atoms with Gasteiger partial charge in [-0.05, 0) is 32.0 Å². The summed E-state index contributed by atoms with van der Waals surface area (Å²) in [4.78, 5) is 22.1. The van der Waals surface area contributed by atoms with Crippen LogP contribution >= 0.6 is 11.6 Å². The lowest BCUT2D eigenvalue weighted by atomic mass is 10.2. The summed E-state index contributed by atoms with van der Waals surface area (Å²) in [5.41, 5.74) is -0.328. The summed E-state index contributed by atoms with van der Waals surface area (Å²) in [6.07, 6.45) is 0. The maximum atomic E-state index is 12.0. The number of carbonyl (C=O) groups is 2. The van der Waals surface area contributed by atoms with E-state index in [0.717, 1.165) is 12.1 Å². The Labute approximate surface area is 127 Å². The summed E-state index contributed by atoms with van der Waals surface area (Å²) < 4.78 is 26.1. The van der Waals surface area contributed by atoms with Gasteiger partial charge < -0.3 is 10.4 Å². The van der Waals surface area contributed by atoms with Gasteiger partial charge in [0.05, 0.1) is 22.0 Å². The molecule has 0 fully saturated rings. The molecule has 0 saturated carbocycles. The van der Waals surface area contributed by atoms with Crippen molar-refractivity contribution in [1.29, 1.82) is 0 Å². The lowest BCUT2D eigenvalue weighted by Crippen LogP contribution is -2.39. The van der Waals surface area contributed by atoms with Crippen LogP contribution in [0.2, 0.25) is 5.02 Å². The Kier molecular flexibility index (Phi) is 5.70. The minimum absolute atomic E-state index is 0.0704. The highest BCUT2D eigenvalue weighted by Gasteiger charge is 2.19. The Morgan fingerprint density at radius 3 is 2.48 bits per heavy atom. The van der Waals surface area contributed by atoms with E-state index in [2.05, 4.69) is 10.0 Å². The normalized spacial score (nSPS) is 11.4. The topological polar surface area (TPSA) is 113 Å². The van der Waals surface area contributed by atoms with Crippen LogP contribution in [0, 0.1) is 0 Å². The van der Waals surface area contributed by atoms with Crippen molar-refractivity contribution in [3.63, 3.8) is 0 Å². The lowest BCUT2D eigenvalue weighted by molar-refractivity contribution is -0.120. The molecule has 3 N–H and O–H groups in total. The lowest BCUT2D eigenvalue weighted by Gasteiger charge is -2.10. The molecular formula is C12H15ClN2O5S. The highest BCUT2D eigenvalue weighted by Crippen LogP contribution is 2.20. The second-order valence-electron chi connectivity index (χ2n) is 4.49. The van der Waals surface area contributed by atoms with Crippen LogP contribution in [-0.2, 0) is 14.8 Å². The molecule has 0 radical (unpaired) electrons. The first-order valence-corrected chi connectivity index (χ1v) is 7.81. The van der Waals surface area contributed by atoms with Gasteiger partial charge in [-0.25, -0.2) is 17.9 Å². The summed E-state index contributed by atoms with van der Waals surface area (Å²) >= 11 is 5.67. The highest BCUT2D eigenvalue weighted by atomic mass is 35.5. The number of carboxylic acids is 1. The van der Waals surface area contributed by atoms with Crippen LogP contribution in [0.15, 0.2) is 23.1 Å². The van der Waals surface area contributed by atoms with E-state index in [9.17, 15) is 18.0 Å². The fraction of sp³-hybridized carbons (Fsp3) is 0.333. The quantitative estimate of drug-likeness (QED) is 0.713. The predicted molar refractivity (Wildman–Crippen MR) is 76.9 cm³/mol. The average Bonchev–Trinajstić information content (AvgIpc) is 2.35. The Balaban J connectivity index is 2.91. The molecule has 116 valence electrons. The van der Waals surface area contributed by atoms with Gasteiger partial charge in [0.15, 0.2) is 0 Å². The van der Waals surface area contributed by atoms with E-state index >= 15 is 0 Å². The monoisotopic (exact) mass is 334 g/mol. The minimum atomic E-state index is -4.00. The SMILES string of the molecule is CC(C)NC(=O)CNS(=O)(=O)c1ccc(Cl)c(C(=O)O)c1. The van der Waals surface area contributed by atoms with Crippen LogP contribution in [0.3, 0.4) is 0 Å². The third-order valence-corrected chi connectivity index (χ3v) is 4.08. The van der Waals surface area contributed by atoms with Gasteiger partial charge in [0, 0.05) is 6.04 Å². The van der Waals surface area contributed by atoms with Gasteiger partial charge >= 0.3 is 5.97 Å². The molecule has 0 aliphatic rings. The molecule has 7 nitrogen and oxygen atoms in total. The number of benzene rings is 1. The van der Waals surface area contributed by atoms with E-state index < -0.39 is 28.4 Å². The summed E-state index contributed by atoms with van der Waals surface area (Å²) in [6, 6.07) is 3.16. The van der Waals surface area contributed by atoms with Crippen LogP contribution < -0.4 is 10.0 Å². The van der Waals surface area contributed by atoms with Crippen molar-refractivity contribution < 1.29 is 23.1 Å². The molecule has 1 rings (SSSR count). The number of hydrogen-bond acceptors (Lipinski definition) is 4. The van der Waals surface area contributed by atoms with E-state index in [1.807, 2.05) is 0 Å². The van der Waals surface area contributed by atoms with Gasteiger partial charge in [-0.2, -0.15) is 0 Å². The molecule has 0 atom stereocenters. The standard InChI is InChI=1S/C12H15ClN2O5S/c1-7(2)15-11(16)6-14-21(19,20)8-3-4-10(13)9(5-8)12(17)18/h3-5,7,14H,6H2,1-2H3,(H,15,16)(H,17,18). The summed E-state index contributed by atoms with van der Waals surface area (Å²) in [5.74, 6) is -1.82. The van der Waals surface area contributed by atoms with Gasteiger partial charge in [-0.15, -0.1) is 0 Å². The van der Waals surface area contributed by atoms with Crippen LogP contribution in [0.4, 0.5) is 0 Å². The fourth-order valence-corrected chi connectivity index (χ4v) is 2.66. The van der Waals surface area contributed by atoms with Crippen molar-refractivity contribution in [2.24, 2.45) is 0 Å². The molecule has 0 aliphatic carbocycles. The number of nitrogens with one attached hydrogen (secondary N) is 2. The third kappa shape index (κ3) is 5.00. The number of halogens is 1. The van der Waals surface area contributed by atoms with Crippen molar-refractivity contribution in [3.8, 4) is 0 Å². The summed E-state index contributed by atoms with van der Waals surface area (Å²) in [6.45, 7) is 3.04. The first kappa shape index (κ1) is 17.4. The molecular weight excluding hydrogens is 320 g/mol. The Morgan fingerprint density at radius 1 is 1.33 bits per heavy atom. The number of aromatic carboxylic acids is 1. The molecule has 0 unspecified atom stereocenters. The number of sulfonamides is 1. The second kappa shape index (κ2) is 6.88. The molecule has 1 aromatic carbocycles. The molecule has 1 aromatic rings. The number of carboxylic acid groups (broad SMARTS) is 1. The second-order valence-corrected chi connectivity index (χ2v) is 6.67. The van der Waals surface area contributed by atoms with Gasteiger partial charge in [-0.3, -0.25) is 4.79 Å². The van der Waals surface area contributed by atoms with Crippen LogP contribution in [-0.4, -0.2) is 38.0 Å². The Bertz CT molecular complexity index is 658. The Morgan fingerprint density at radius 2 is 1.95 bits per heavy atom. The zero-order valence-corrected chi connectivity index (χ0v) is 13.0. The maximum Gasteiger partial charge on any atom is 0.337 e. The Hall–Kier alpha value is -1.64. The van der Waals surface area contributed by atoms with Crippen molar-refractivity contribution in [2.75, 3.05) is 6.54 Å². The van der Waals surface area contributed by atoms with Crippen molar-refractivity contribution in [1.82, 2.24) is 10.0 Å².